The molecule has 0 atom stereocenters. The minimum absolute atomic E-state index is 0.0107. The number of Topliss-reactive ketones (excluding diaryl/α,β-unsaturated/α-hetero) is 1. The van der Waals surface area contributed by atoms with Crippen molar-refractivity contribution in [1.82, 2.24) is 0 Å². The molecule has 0 aliphatic rings. The fraction of sp³-hybridized carbons (Fsp3) is 0.312. The molecule has 2 rings (SSSR count). The molecule has 0 N–H and O–H groups in total. The van der Waals surface area contributed by atoms with Crippen LogP contribution in [-0.4, -0.2) is 19.0 Å². The first-order chi connectivity index (χ1) is 9.72. The number of ketones is 1. The quantitative estimate of drug-likeness (QED) is 0.724. The van der Waals surface area contributed by atoms with Gasteiger partial charge in [0.2, 0.25) is 5.78 Å². The van der Waals surface area contributed by atoms with Crippen LogP contribution in [0.1, 0.15) is 28.4 Å². The zero-order valence-electron chi connectivity index (χ0n) is 11.7. The third-order valence-corrected chi connectivity index (χ3v) is 4.04. The molecular formula is C16H18O3S. The largest absolute Gasteiger partial charge is 0.494 e. The molecule has 106 valence electrons. The molecule has 0 amide bonds. The molecule has 0 radical (unpaired) electrons. The number of carbonyl (C=O) groups is 1. The third kappa shape index (κ3) is 3.84. The highest BCUT2D eigenvalue weighted by molar-refractivity contribution is 7.14. The Morgan fingerprint density at radius 1 is 1.10 bits per heavy atom. The average Bonchev–Trinajstić information content (AvgIpc) is 2.94. The Bertz CT molecular complexity index is 575. The van der Waals surface area contributed by atoms with Gasteiger partial charge in [0.05, 0.1) is 11.5 Å². The summed E-state index contributed by atoms with van der Waals surface area (Å²) >= 11 is 1.53. The van der Waals surface area contributed by atoms with Crippen LogP contribution in [-0.2, 0) is 6.42 Å². The number of rotatable bonds is 7. The van der Waals surface area contributed by atoms with E-state index < -0.39 is 0 Å². The molecule has 0 fully saturated rings. The molecule has 0 bridgehead atoms. The fourth-order valence-electron chi connectivity index (χ4n) is 1.76. The minimum Gasteiger partial charge on any atom is -0.494 e. The van der Waals surface area contributed by atoms with Crippen molar-refractivity contribution in [2.45, 2.75) is 20.3 Å². The number of carbonyl (C=O) groups excluding carboxylic acids is 1. The van der Waals surface area contributed by atoms with Gasteiger partial charge in [-0.05, 0) is 37.6 Å². The normalized spacial score (nSPS) is 10.3. The van der Waals surface area contributed by atoms with Crippen molar-refractivity contribution >= 4 is 17.1 Å². The van der Waals surface area contributed by atoms with Crippen LogP contribution in [0.25, 0.3) is 0 Å². The topological polar surface area (TPSA) is 35.5 Å². The van der Waals surface area contributed by atoms with Crippen LogP contribution < -0.4 is 9.47 Å². The highest BCUT2D eigenvalue weighted by atomic mass is 32.1. The monoisotopic (exact) mass is 290 g/mol. The van der Waals surface area contributed by atoms with Gasteiger partial charge in [-0.15, -0.1) is 11.3 Å². The van der Waals surface area contributed by atoms with E-state index in [4.69, 9.17) is 9.47 Å². The van der Waals surface area contributed by atoms with E-state index in [2.05, 4.69) is 6.92 Å². The molecule has 0 saturated heterocycles. The summed E-state index contributed by atoms with van der Waals surface area (Å²) in [5.41, 5.74) is 0. The van der Waals surface area contributed by atoms with E-state index in [-0.39, 0.29) is 12.4 Å². The van der Waals surface area contributed by atoms with Crippen molar-refractivity contribution in [3.05, 3.63) is 46.2 Å². The van der Waals surface area contributed by atoms with E-state index in [1.54, 1.807) is 6.07 Å². The van der Waals surface area contributed by atoms with Gasteiger partial charge in [-0.3, -0.25) is 4.79 Å². The maximum absolute atomic E-state index is 12.0. The van der Waals surface area contributed by atoms with Crippen molar-refractivity contribution in [1.29, 1.82) is 0 Å². The standard InChI is InChI=1S/C16H18O3S/c1-3-14-8-9-16(20-14)15(17)11-19-13-7-5-6-12(10-13)18-4-2/h5-10H,3-4,11H2,1-2H3. The Hall–Kier alpha value is -1.81. The molecule has 1 aromatic heterocycles. The molecule has 0 unspecified atom stereocenters. The van der Waals surface area contributed by atoms with Crippen LogP contribution in [0, 0.1) is 0 Å². The highest BCUT2D eigenvalue weighted by Gasteiger charge is 2.10. The first-order valence-corrected chi connectivity index (χ1v) is 7.52. The van der Waals surface area contributed by atoms with Crippen molar-refractivity contribution in [2.24, 2.45) is 0 Å². The van der Waals surface area contributed by atoms with Crippen molar-refractivity contribution < 1.29 is 14.3 Å². The van der Waals surface area contributed by atoms with Gasteiger partial charge in [-0.1, -0.05) is 13.0 Å². The Kier molecular flexibility index (Phi) is 5.18. The third-order valence-electron chi connectivity index (χ3n) is 2.77. The lowest BCUT2D eigenvalue weighted by molar-refractivity contribution is 0.0925. The maximum Gasteiger partial charge on any atom is 0.210 e. The molecule has 3 nitrogen and oxygen atoms in total. The number of thiophene rings is 1. The summed E-state index contributed by atoms with van der Waals surface area (Å²) in [5, 5.41) is 0. The van der Waals surface area contributed by atoms with Gasteiger partial charge in [0.1, 0.15) is 11.5 Å². The van der Waals surface area contributed by atoms with Crippen molar-refractivity contribution in [3.8, 4) is 11.5 Å². The number of hydrogen-bond donors (Lipinski definition) is 0. The molecule has 0 aliphatic heterocycles. The molecule has 0 aliphatic carbocycles. The highest BCUT2D eigenvalue weighted by Crippen LogP contribution is 2.21. The van der Waals surface area contributed by atoms with Gasteiger partial charge in [0.15, 0.2) is 6.61 Å². The van der Waals surface area contributed by atoms with E-state index in [1.165, 1.54) is 16.2 Å². The molecule has 1 aromatic carbocycles. The second kappa shape index (κ2) is 7.10. The van der Waals surface area contributed by atoms with Crippen LogP contribution in [0.4, 0.5) is 0 Å². The molecule has 0 saturated carbocycles. The SMILES string of the molecule is CCOc1cccc(OCC(=O)c2ccc(CC)s2)c1. The Balaban J connectivity index is 1.94. The van der Waals surface area contributed by atoms with Gasteiger partial charge in [0, 0.05) is 10.9 Å². The van der Waals surface area contributed by atoms with Gasteiger partial charge < -0.3 is 9.47 Å². The van der Waals surface area contributed by atoms with E-state index in [0.717, 1.165) is 17.0 Å². The zero-order valence-corrected chi connectivity index (χ0v) is 12.5. The summed E-state index contributed by atoms with van der Waals surface area (Å²) in [7, 11) is 0. The van der Waals surface area contributed by atoms with Crippen LogP contribution in [0.3, 0.4) is 0 Å². The summed E-state index contributed by atoms with van der Waals surface area (Å²) in [6.07, 6.45) is 0.954. The van der Waals surface area contributed by atoms with Crippen molar-refractivity contribution in [2.75, 3.05) is 13.2 Å². The maximum atomic E-state index is 12.0. The molecule has 4 heteroatoms. The summed E-state index contributed by atoms with van der Waals surface area (Å²) < 4.78 is 10.9. The second-order valence-electron chi connectivity index (χ2n) is 4.24. The molecular weight excluding hydrogens is 272 g/mol. The van der Waals surface area contributed by atoms with Crippen LogP contribution in [0.5, 0.6) is 11.5 Å². The van der Waals surface area contributed by atoms with Gasteiger partial charge >= 0.3 is 0 Å². The lowest BCUT2D eigenvalue weighted by Gasteiger charge is -2.07. The van der Waals surface area contributed by atoms with Crippen LogP contribution in [0.2, 0.25) is 0 Å². The van der Waals surface area contributed by atoms with Gasteiger partial charge in [-0.25, -0.2) is 0 Å². The van der Waals surface area contributed by atoms with Gasteiger partial charge in [-0.2, -0.15) is 0 Å². The number of hydrogen-bond acceptors (Lipinski definition) is 4. The average molecular weight is 290 g/mol. The summed E-state index contributed by atoms with van der Waals surface area (Å²) in [4.78, 5) is 14.0. The van der Waals surface area contributed by atoms with E-state index in [0.29, 0.717) is 12.4 Å². The summed E-state index contributed by atoms with van der Waals surface area (Å²) in [6, 6.07) is 11.2. The first-order valence-electron chi connectivity index (χ1n) is 6.70. The smallest absolute Gasteiger partial charge is 0.210 e. The predicted molar refractivity (Wildman–Crippen MR) is 81.1 cm³/mol. The number of benzene rings is 1. The Morgan fingerprint density at radius 3 is 2.50 bits per heavy atom. The van der Waals surface area contributed by atoms with E-state index in [1.807, 2.05) is 37.3 Å². The molecule has 2 aromatic rings. The summed E-state index contributed by atoms with van der Waals surface area (Å²) in [5.74, 6) is 1.41. The Morgan fingerprint density at radius 2 is 1.85 bits per heavy atom. The molecule has 20 heavy (non-hydrogen) atoms. The van der Waals surface area contributed by atoms with Crippen molar-refractivity contribution in [3.63, 3.8) is 0 Å². The van der Waals surface area contributed by atoms with Crippen LogP contribution >= 0.6 is 11.3 Å². The molecule has 1 heterocycles. The molecule has 0 spiro atoms. The number of aryl methyl sites for hydroxylation is 1. The Labute approximate surface area is 123 Å². The predicted octanol–water partition coefficient (Wildman–Crippen LogP) is 3.97. The first kappa shape index (κ1) is 14.6. The lowest BCUT2D eigenvalue weighted by Crippen LogP contribution is -2.10. The zero-order chi connectivity index (χ0) is 14.4. The fourth-order valence-corrected chi connectivity index (χ4v) is 2.63. The minimum atomic E-state index is 0.0107. The van der Waals surface area contributed by atoms with Crippen LogP contribution in [0.15, 0.2) is 36.4 Å². The second-order valence-corrected chi connectivity index (χ2v) is 5.41. The summed E-state index contributed by atoms with van der Waals surface area (Å²) in [6.45, 7) is 4.67. The van der Waals surface area contributed by atoms with E-state index in [9.17, 15) is 4.79 Å². The van der Waals surface area contributed by atoms with E-state index >= 15 is 0 Å². The number of ether oxygens (including phenoxy) is 2. The lowest BCUT2D eigenvalue weighted by atomic mass is 10.3. The van der Waals surface area contributed by atoms with Gasteiger partial charge in [0.25, 0.3) is 0 Å².